The second-order valence-corrected chi connectivity index (χ2v) is 5.70. The number of ether oxygens (including phenoxy) is 2. The lowest BCUT2D eigenvalue weighted by Crippen LogP contribution is -2.14. The molecule has 27 heavy (non-hydrogen) atoms. The zero-order valence-corrected chi connectivity index (χ0v) is 15.2. The lowest BCUT2D eigenvalue weighted by molar-refractivity contribution is -0.384. The van der Waals surface area contributed by atoms with Gasteiger partial charge < -0.3 is 14.8 Å². The summed E-state index contributed by atoms with van der Waals surface area (Å²) in [6, 6.07) is 9.90. The number of carbonyl (C=O) groups excluding carboxylic acids is 2. The van der Waals surface area contributed by atoms with Crippen LogP contribution >= 0.6 is 11.6 Å². The number of nitrogens with one attached hydrogen (secondary N) is 1. The Morgan fingerprint density at radius 1 is 1.15 bits per heavy atom. The molecular weight excluding hydrogens is 376 g/mol. The van der Waals surface area contributed by atoms with Gasteiger partial charge in [-0.1, -0.05) is 17.7 Å². The molecule has 9 heteroatoms. The third-order valence-electron chi connectivity index (χ3n) is 3.43. The average molecular weight is 393 g/mol. The summed E-state index contributed by atoms with van der Waals surface area (Å²) in [4.78, 5) is 34.6. The van der Waals surface area contributed by atoms with Crippen LogP contribution in [0.1, 0.15) is 27.6 Å². The fourth-order valence-corrected chi connectivity index (χ4v) is 2.33. The number of nitro benzene ring substituents is 1. The third kappa shape index (κ3) is 5.77. The number of carbonyl (C=O) groups is 2. The van der Waals surface area contributed by atoms with Crippen molar-refractivity contribution in [1.29, 1.82) is 0 Å². The summed E-state index contributed by atoms with van der Waals surface area (Å²) < 4.78 is 10.2. The number of hydrogen-bond acceptors (Lipinski definition) is 6. The molecule has 0 aliphatic rings. The molecule has 0 atom stereocenters. The number of esters is 1. The topological polar surface area (TPSA) is 108 Å². The van der Waals surface area contributed by atoms with E-state index in [0.717, 1.165) is 6.07 Å². The van der Waals surface area contributed by atoms with Crippen molar-refractivity contribution in [2.75, 3.05) is 25.1 Å². The standard InChI is InChI=1S/C18H17ClN2O6/c1-2-26-8-9-27-18(23)13-4-3-5-14(10-13)20-17(22)12-6-7-15(19)16(11-12)21(24)25/h3-7,10-11H,2,8-9H2,1H3,(H,20,22). The quantitative estimate of drug-likeness (QED) is 0.317. The first-order valence-electron chi connectivity index (χ1n) is 8.02. The maximum atomic E-state index is 12.3. The Morgan fingerprint density at radius 3 is 2.63 bits per heavy atom. The summed E-state index contributed by atoms with van der Waals surface area (Å²) in [5.41, 5.74) is 0.301. The van der Waals surface area contributed by atoms with E-state index in [4.69, 9.17) is 21.1 Å². The smallest absolute Gasteiger partial charge is 0.338 e. The molecule has 0 aliphatic carbocycles. The number of nitrogens with zero attached hydrogens (tertiary/aromatic N) is 1. The van der Waals surface area contributed by atoms with Crippen LogP contribution in [-0.4, -0.2) is 36.6 Å². The van der Waals surface area contributed by atoms with E-state index >= 15 is 0 Å². The maximum Gasteiger partial charge on any atom is 0.338 e. The van der Waals surface area contributed by atoms with Gasteiger partial charge in [0.05, 0.1) is 17.1 Å². The van der Waals surface area contributed by atoms with Gasteiger partial charge in [0, 0.05) is 23.9 Å². The Hall–Kier alpha value is -2.97. The molecule has 0 aromatic heterocycles. The van der Waals surface area contributed by atoms with Crippen LogP contribution in [0.4, 0.5) is 11.4 Å². The number of hydrogen-bond donors (Lipinski definition) is 1. The van der Waals surface area contributed by atoms with Crippen molar-refractivity contribution in [3.8, 4) is 0 Å². The van der Waals surface area contributed by atoms with Crippen molar-refractivity contribution < 1.29 is 24.0 Å². The summed E-state index contributed by atoms with van der Waals surface area (Å²) in [6.07, 6.45) is 0. The first-order chi connectivity index (χ1) is 12.9. The van der Waals surface area contributed by atoms with E-state index in [1.54, 1.807) is 18.2 Å². The van der Waals surface area contributed by atoms with Crippen LogP contribution in [0.2, 0.25) is 5.02 Å². The number of halogens is 1. The van der Waals surface area contributed by atoms with E-state index in [1.807, 2.05) is 6.92 Å². The van der Waals surface area contributed by atoms with Gasteiger partial charge >= 0.3 is 5.97 Å². The second-order valence-electron chi connectivity index (χ2n) is 5.29. The molecule has 0 bridgehead atoms. The molecule has 2 rings (SSSR count). The molecule has 0 radical (unpaired) electrons. The highest BCUT2D eigenvalue weighted by atomic mass is 35.5. The van der Waals surface area contributed by atoms with Gasteiger partial charge in [-0.05, 0) is 37.3 Å². The third-order valence-corrected chi connectivity index (χ3v) is 3.75. The second kappa shape index (κ2) is 9.65. The predicted molar refractivity (Wildman–Crippen MR) is 99.3 cm³/mol. The lowest BCUT2D eigenvalue weighted by Gasteiger charge is -2.08. The Balaban J connectivity index is 2.07. The van der Waals surface area contributed by atoms with Crippen molar-refractivity contribution in [1.82, 2.24) is 0 Å². The molecule has 0 saturated heterocycles. The molecule has 0 aliphatic heterocycles. The lowest BCUT2D eigenvalue weighted by atomic mass is 10.1. The summed E-state index contributed by atoms with van der Waals surface area (Å²) in [5, 5.41) is 13.4. The van der Waals surface area contributed by atoms with Crippen molar-refractivity contribution in [3.63, 3.8) is 0 Å². The van der Waals surface area contributed by atoms with Crippen molar-refractivity contribution in [3.05, 3.63) is 68.7 Å². The van der Waals surface area contributed by atoms with Gasteiger partial charge in [0.25, 0.3) is 11.6 Å². The molecule has 0 spiro atoms. The van der Waals surface area contributed by atoms with E-state index in [2.05, 4.69) is 5.32 Å². The first-order valence-corrected chi connectivity index (χ1v) is 8.40. The summed E-state index contributed by atoms with van der Waals surface area (Å²) in [7, 11) is 0. The van der Waals surface area contributed by atoms with Crippen LogP contribution in [-0.2, 0) is 9.47 Å². The number of nitro groups is 1. The molecule has 2 aromatic carbocycles. The highest BCUT2D eigenvalue weighted by Gasteiger charge is 2.17. The molecule has 8 nitrogen and oxygen atoms in total. The molecule has 0 unspecified atom stereocenters. The maximum absolute atomic E-state index is 12.3. The van der Waals surface area contributed by atoms with Crippen molar-refractivity contribution in [2.24, 2.45) is 0 Å². The predicted octanol–water partition coefficient (Wildman–Crippen LogP) is 3.69. The van der Waals surface area contributed by atoms with E-state index in [9.17, 15) is 19.7 Å². The number of rotatable bonds is 8. The molecule has 0 fully saturated rings. The summed E-state index contributed by atoms with van der Waals surface area (Å²) in [6.45, 7) is 2.79. The zero-order valence-electron chi connectivity index (χ0n) is 14.4. The minimum Gasteiger partial charge on any atom is -0.460 e. The van der Waals surface area contributed by atoms with Crippen molar-refractivity contribution >= 4 is 34.9 Å². The van der Waals surface area contributed by atoms with E-state index in [1.165, 1.54) is 18.2 Å². The van der Waals surface area contributed by atoms with Gasteiger partial charge in [-0.25, -0.2) is 4.79 Å². The molecule has 0 saturated carbocycles. The van der Waals surface area contributed by atoms with E-state index in [0.29, 0.717) is 18.9 Å². The number of anilines is 1. The van der Waals surface area contributed by atoms with Crippen LogP contribution in [0.5, 0.6) is 0 Å². The van der Waals surface area contributed by atoms with Crippen molar-refractivity contribution in [2.45, 2.75) is 6.92 Å². The van der Waals surface area contributed by atoms with Gasteiger partial charge in [0.2, 0.25) is 0 Å². The molecule has 1 N–H and O–H groups in total. The average Bonchev–Trinajstić information content (AvgIpc) is 2.65. The Labute approximate surface area is 160 Å². The van der Waals surface area contributed by atoms with Gasteiger partial charge in [-0.15, -0.1) is 0 Å². The molecule has 2 aromatic rings. The minimum atomic E-state index is -0.669. The highest BCUT2D eigenvalue weighted by Crippen LogP contribution is 2.25. The number of benzene rings is 2. The molecular formula is C18H17ClN2O6. The zero-order chi connectivity index (χ0) is 19.8. The fourth-order valence-electron chi connectivity index (χ4n) is 2.14. The van der Waals surface area contributed by atoms with Crippen LogP contribution in [0.25, 0.3) is 0 Å². The normalized spacial score (nSPS) is 10.3. The Bertz CT molecular complexity index is 855. The van der Waals surface area contributed by atoms with E-state index in [-0.39, 0.29) is 28.4 Å². The van der Waals surface area contributed by atoms with Crippen LogP contribution in [0.15, 0.2) is 42.5 Å². The van der Waals surface area contributed by atoms with Gasteiger partial charge in [0.15, 0.2) is 0 Å². The van der Waals surface area contributed by atoms with Gasteiger partial charge in [-0.3, -0.25) is 14.9 Å². The highest BCUT2D eigenvalue weighted by molar-refractivity contribution is 6.32. The molecule has 142 valence electrons. The van der Waals surface area contributed by atoms with Crippen LogP contribution < -0.4 is 5.32 Å². The molecule has 0 heterocycles. The minimum absolute atomic E-state index is 0.0617. The fraction of sp³-hybridized carbons (Fsp3) is 0.222. The Morgan fingerprint density at radius 2 is 1.93 bits per heavy atom. The SMILES string of the molecule is CCOCCOC(=O)c1cccc(NC(=O)c2ccc(Cl)c([N+](=O)[O-])c2)c1. The van der Waals surface area contributed by atoms with E-state index < -0.39 is 16.8 Å². The van der Waals surface area contributed by atoms with Crippen LogP contribution in [0, 0.1) is 10.1 Å². The Kier molecular flexibility index (Phi) is 7.27. The molecule has 1 amide bonds. The summed E-state index contributed by atoms with van der Waals surface area (Å²) >= 11 is 5.74. The monoisotopic (exact) mass is 392 g/mol. The first kappa shape index (κ1) is 20.3. The van der Waals surface area contributed by atoms with Crippen LogP contribution in [0.3, 0.4) is 0 Å². The van der Waals surface area contributed by atoms with Gasteiger partial charge in [-0.2, -0.15) is 0 Å². The largest absolute Gasteiger partial charge is 0.460 e. The number of amides is 1. The van der Waals surface area contributed by atoms with Gasteiger partial charge in [0.1, 0.15) is 11.6 Å². The summed E-state index contributed by atoms with van der Waals surface area (Å²) in [5.74, 6) is -1.12.